The molecule has 3 nitrogen and oxygen atoms in total. The van der Waals surface area contributed by atoms with Gasteiger partial charge in [-0.05, 0) is 42.5 Å². The second-order valence-electron chi connectivity index (χ2n) is 3.48. The lowest BCUT2D eigenvalue weighted by Gasteiger charge is -2.01. The van der Waals surface area contributed by atoms with Crippen molar-refractivity contribution in [2.45, 2.75) is 0 Å². The van der Waals surface area contributed by atoms with Gasteiger partial charge >= 0.3 is 0 Å². The summed E-state index contributed by atoms with van der Waals surface area (Å²) in [5.74, 6) is -0.375. The molecule has 2 rings (SSSR count). The first kappa shape index (κ1) is 12.7. The molecule has 0 amide bonds. The predicted molar refractivity (Wildman–Crippen MR) is 68.2 cm³/mol. The van der Waals surface area contributed by atoms with Crippen LogP contribution < -0.4 is 5.11 Å². The Hall–Kier alpha value is -1.71. The van der Waals surface area contributed by atoms with E-state index in [1.807, 2.05) is 0 Å². The lowest BCUT2D eigenvalue weighted by atomic mass is 10.2. The van der Waals surface area contributed by atoms with E-state index in [-0.39, 0.29) is 0 Å². The number of benzene rings is 1. The maximum atomic E-state index is 10.3. The summed E-state index contributed by atoms with van der Waals surface area (Å²) >= 11 is 11.9. The lowest BCUT2D eigenvalue weighted by Crippen LogP contribution is -2.18. The molecule has 0 saturated heterocycles. The van der Waals surface area contributed by atoms with Crippen molar-refractivity contribution >= 4 is 35.2 Å². The average molecular weight is 282 g/mol. The summed E-state index contributed by atoms with van der Waals surface area (Å²) in [6, 6.07) is 8.33. The monoisotopic (exact) mass is 281 g/mol. The van der Waals surface area contributed by atoms with Gasteiger partial charge in [0.25, 0.3) is 0 Å². The Morgan fingerprint density at radius 2 is 2.00 bits per heavy atom. The van der Waals surface area contributed by atoms with Crippen LogP contribution in [0.25, 0.3) is 17.4 Å². The molecule has 0 N–H and O–H groups in total. The molecular weight excluding hydrogens is 275 g/mol. The lowest BCUT2D eigenvalue weighted by molar-refractivity contribution is -0.297. The van der Waals surface area contributed by atoms with Crippen molar-refractivity contribution in [1.29, 1.82) is 0 Å². The Balaban J connectivity index is 2.35. The van der Waals surface area contributed by atoms with Crippen molar-refractivity contribution in [2.75, 3.05) is 0 Å². The van der Waals surface area contributed by atoms with Gasteiger partial charge in [-0.15, -0.1) is 0 Å². The van der Waals surface area contributed by atoms with Crippen molar-refractivity contribution in [3.8, 4) is 11.3 Å². The molecule has 18 heavy (non-hydrogen) atoms. The number of aliphatic carboxylic acids is 1. The number of carbonyl (C=O) groups is 1. The first-order valence-electron chi connectivity index (χ1n) is 5.00. The van der Waals surface area contributed by atoms with Crippen molar-refractivity contribution < 1.29 is 14.3 Å². The van der Waals surface area contributed by atoms with Crippen LogP contribution in [0.2, 0.25) is 10.0 Å². The third kappa shape index (κ3) is 2.94. The summed E-state index contributed by atoms with van der Waals surface area (Å²) < 4.78 is 5.43. The first-order valence-corrected chi connectivity index (χ1v) is 5.76. The SMILES string of the molecule is O=C([O-])/C=C/c1ccc(-c2cc(Cl)ccc2Cl)o1. The number of rotatable bonds is 3. The number of carboxylic acids is 1. The second kappa shape index (κ2) is 5.29. The zero-order valence-corrected chi connectivity index (χ0v) is 10.5. The largest absolute Gasteiger partial charge is 0.545 e. The fourth-order valence-electron chi connectivity index (χ4n) is 1.42. The number of carbonyl (C=O) groups excluding carboxylic acids is 1. The van der Waals surface area contributed by atoms with Gasteiger partial charge in [0.1, 0.15) is 11.5 Å². The number of hydrogen-bond acceptors (Lipinski definition) is 3. The van der Waals surface area contributed by atoms with Crippen molar-refractivity contribution in [1.82, 2.24) is 0 Å². The van der Waals surface area contributed by atoms with E-state index in [0.717, 1.165) is 6.08 Å². The molecule has 2 aromatic rings. The fraction of sp³-hybridized carbons (Fsp3) is 0. The van der Waals surface area contributed by atoms with E-state index in [9.17, 15) is 9.90 Å². The highest BCUT2D eigenvalue weighted by molar-refractivity contribution is 6.35. The summed E-state index contributed by atoms with van der Waals surface area (Å²) in [6.07, 6.45) is 2.19. The van der Waals surface area contributed by atoms with Crippen LogP contribution in [-0.2, 0) is 4.79 Å². The minimum absolute atomic E-state index is 0.394. The van der Waals surface area contributed by atoms with E-state index in [1.165, 1.54) is 6.08 Å². The van der Waals surface area contributed by atoms with Crippen molar-refractivity contribution in [3.63, 3.8) is 0 Å². The van der Waals surface area contributed by atoms with Crippen molar-refractivity contribution in [2.24, 2.45) is 0 Å². The Kier molecular flexibility index (Phi) is 3.75. The Morgan fingerprint density at radius 3 is 2.72 bits per heavy atom. The van der Waals surface area contributed by atoms with Gasteiger partial charge in [-0.2, -0.15) is 0 Å². The minimum atomic E-state index is -1.28. The molecule has 0 aliphatic heterocycles. The Bertz CT molecular complexity index is 614. The van der Waals surface area contributed by atoms with E-state index in [4.69, 9.17) is 27.6 Å². The molecule has 0 atom stereocenters. The van der Waals surface area contributed by atoms with Gasteiger partial charge in [-0.25, -0.2) is 0 Å². The molecule has 0 bridgehead atoms. The van der Waals surface area contributed by atoms with Crippen LogP contribution in [0.5, 0.6) is 0 Å². The van der Waals surface area contributed by atoms with Crippen LogP contribution in [-0.4, -0.2) is 5.97 Å². The zero-order valence-electron chi connectivity index (χ0n) is 9.02. The maximum Gasteiger partial charge on any atom is 0.136 e. The molecule has 0 fully saturated rings. The van der Waals surface area contributed by atoms with E-state index < -0.39 is 5.97 Å². The Morgan fingerprint density at radius 1 is 1.22 bits per heavy atom. The van der Waals surface area contributed by atoms with Crippen LogP contribution in [0, 0.1) is 0 Å². The second-order valence-corrected chi connectivity index (χ2v) is 4.32. The van der Waals surface area contributed by atoms with E-state index in [0.29, 0.717) is 27.1 Å². The molecule has 92 valence electrons. The highest BCUT2D eigenvalue weighted by Gasteiger charge is 2.08. The van der Waals surface area contributed by atoms with E-state index >= 15 is 0 Å². The highest BCUT2D eigenvalue weighted by Crippen LogP contribution is 2.31. The summed E-state index contributed by atoms with van der Waals surface area (Å²) in [4.78, 5) is 10.3. The highest BCUT2D eigenvalue weighted by atomic mass is 35.5. The van der Waals surface area contributed by atoms with Gasteiger partial charge in [-0.1, -0.05) is 23.2 Å². The number of halogens is 2. The summed E-state index contributed by atoms with van der Waals surface area (Å²) in [6.45, 7) is 0. The van der Waals surface area contributed by atoms with Crippen LogP contribution in [0.1, 0.15) is 5.76 Å². The summed E-state index contributed by atoms with van der Waals surface area (Å²) in [5.41, 5.74) is 0.650. The number of hydrogen-bond donors (Lipinski definition) is 0. The fourth-order valence-corrected chi connectivity index (χ4v) is 1.81. The molecule has 0 aliphatic rings. The van der Waals surface area contributed by atoms with Crippen LogP contribution in [0.15, 0.2) is 40.8 Å². The molecule has 1 aromatic heterocycles. The molecule has 0 saturated carbocycles. The Labute approximate surface area is 113 Å². The average Bonchev–Trinajstić information content (AvgIpc) is 2.78. The standard InChI is InChI=1S/C13H8Cl2O3/c14-8-1-4-11(15)10(7-8)12-5-2-9(18-12)3-6-13(16)17/h1-7H,(H,16,17)/p-1/b6-3+. The van der Waals surface area contributed by atoms with E-state index in [1.54, 1.807) is 30.3 Å². The van der Waals surface area contributed by atoms with Gasteiger partial charge in [0.15, 0.2) is 0 Å². The third-order valence-corrected chi connectivity index (χ3v) is 2.77. The zero-order chi connectivity index (χ0) is 13.1. The van der Waals surface area contributed by atoms with Gasteiger partial charge in [0.05, 0.1) is 11.0 Å². The first-order chi connectivity index (χ1) is 8.56. The van der Waals surface area contributed by atoms with Crippen LogP contribution in [0.4, 0.5) is 0 Å². The smallest absolute Gasteiger partial charge is 0.136 e. The number of furan rings is 1. The molecule has 0 spiro atoms. The van der Waals surface area contributed by atoms with Crippen molar-refractivity contribution in [3.05, 3.63) is 52.2 Å². The van der Waals surface area contributed by atoms with Crippen LogP contribution in [0.3, 0.4) is 0 Å². The molecule has 1 heterocycles. The molecular formula is C13H7Cl2O3-. The number of carboxylic acid groups (broad SMARTS) is 1. The van der Waals surface area contributed by atoms with E-state index in [2.05, 4.69) is 0 Å². The molecule has 0 aliphatic carbocycles. The molecule has 0 radical (unpaired) electrons. The van der Waals surface area contributed by atoms with Gasteiger partial charge in [0, 0.05) is 10.6 Å². The predicted octanol–water partition coefficient (Wildman–Crippen LogP) is 3.02. The maximum absolute atomic E-state index is 10.3. The molecule has 0 unspecified atom stereocenters. The van der Waals surface area contributed by atoms with Crippen LogP contribution >= 0.6 is 23.2 Å². The summed E-state index contributed by atoms with van der Waals surface area (Å²) in [7, 11) is 0. The molecule has 5 heteroatoms. The topological polar surface area (TPSA) is 53.3 Å². The minimum Gasteiger partial charge on any atom is -0.545 e. The quantitative estimate of drug-likeness (QED) is 0.813. The third-order valence-electron chi connectivity index (χ3n) is 2.20. The van der Waals surface area contributed by atoms with Gasteiger partial charge in [-0.3, -0.25) is 0 Å². The van der Waals surface area contributed by atoms with Gasteiger partial charge < -0.3 is 14.3 Å². The summed E-state index contributed by atoms with van der Waals surface area (Å²) in [5, 5.41) is 11.3. The van der Waals surface area contributed by atoms with Gasteiger partial charge in [0.2, 0.25) is 0 Å². The normalized spacial score (nSPS) is 11.0. The molecule has 1 aromatic carbocycles.